The van der Waals surface area contributed by atoms with E-state index in [1.807, 2.05) is 18.8 Å². The van der Waals surface area contributed by atoms with Crippen LogP contribution in [0.15, 0.2) is 29.2 Å². The van der Waals surface area contributed by atoms with Gasteiger partial charge in [-0.2, -0.15) is 5.26 Å². The summed E-state index contributed by atoms with van der Waals surface area (Å²) in [6.45, 7) is 2.17. The number of hydrogen-bond donors (Lipinski definition) is 1. The van der Waals surface area contributed by atoms with Crippen LogP contribution in [0.2, 0.25) is 0 Å². The predicted octanol–water partition coefficient (Wildman–Crippen LogP) is 3.75. The number of rotatable bonds is 6. The largest absolute Gasteiger partial charge is 0.313 e. The first-order valence-electron chi connectivity index (χ1n) is 6.46. The topological polar surface area (TPSA) is 35.8 Å². The average Bonchev–Trinajstić information content (AvgIpc) is 3.17. The van der Waals surface area contributed by atoms with Crippen LogP contribution in [0.1, 0.15) is 37.8 Å². The minimum atomic E-state index is 0.323. The molecule has 0 aliphatic heterocycles. The van der Waals surface area contributed by atoms with Crippen LogP contribution in [0.25, 0.3) is 0 Å². The second-order valence-electron chi connectivity index (χ2n) is 5.21. The van der Waals surface area contributed by atoms with E-state index in [0.29, 0.717) is 17.9 Å². The minimum absolute atomic E-state index is 0.323. The normalized spacial score (nSPS) is 18.1. The third kappa shape index (κ3) is 3.28. The molecule has 1 atom stereocenters. The lowest BCUT2D eigenvalue weighted by Crippen LogP contribution is -2.12. The van der Waals surface area contributed by atoms with Gasteiger partial charge in [0, 0.05) is 23.1 Å². The first kappa shape index (κ1) is 13.5. The van der Waals surface area contributed by atoms with E-state index in [1.54, 1.807) is 0 Å². The molecule has 96 valence electrons. The lowest BCUT2D eigenvalue weighted by molar-refractivity contribution is 0.604. The Bertz CT molecular complexity index is 446. The maximum absolute atomic E-state index is 8.82. The fraction of sp³-hybridized carbons (Fsp3) is 0.533. The molecule has 18 heavy (non-hydrogen) atoms. The van der Waals surface area contributed by atoms with Gasteiger partial charge < -0.3 is 5.32 Å². The Balaban J connectivity index is 1.96. The van der Waals surface area contributed by atoms with Crippen molar-refractivity contribution in [3.63, 3.8) is 0 Å². The molecule has 1 unspecified atom stereocenters. The molecule has 2 rings (SSSR count). The van der Waals surface area contributed by atoms with Crippen LogP contribution in [-0.2, 0) is 0 Å². The Morgan fingerprint density at radius 1 is 1.50 bits per heavy atom. The van der Waals surface area contributed by atoms with Gasteiger partial charge in [-0.05, 0) is 49.9 Å². The number of nitrogens with zero attached hydrogens (tertiary/aromatic N) is 1. The molecule has 1 fully saturated rings. The van der Waals surface area contributed by atoms with Crippen LogP contribution in [0.5, 0.6) is 0 Å². The third-order valence-electron chi connectivity index (χ3n) is 3.75. The first-order chi connectivity index (χ1) is 8.69. The summed E-state index contributed by atoms with van der Waals surface area (Å²) in [7, 11) is 1.98. The number of thioether (sulfide) groups is 1. The van der Waals surface area contributed by atoms with Crippen molar-refractivity contribution in [2.75, 3.05) is 12.8 Å². The molecule has 0 heterocycles. The molecule has 1 aliphatic carbocycles. The van der Waals surface area contributed by atoms with Gasteiger partial charge in [0.25, 0.3) is 0 Å². The van der Waals surface area contributed by atoms with Crippen molar-refractivity contribution in [2.24, 2.45) is 5.41 Å². The van der Waals surface area contributed by atoms with E-state index >= 15 is 0 Å². The molecular formula is C15H20N2S. The van der Waals surface area contributed by atoms with E-state index in [-0.39, 0.29) is 0 Å². The number of hydrogen-bond acceptors (Lipinski definition) is 3. The van der Waals surface area contributed by atoms with Gasteiger partial charge in [0.1, 0.15) is 0 Å². The van der Waals surface area contributed by atoms with Crippen LogP contribution in [0, 0.1) is 16.7 Å². The molecule has 0 bridgehead atoms. The highest BCUT2D eigenvalue weighted by atomic mass is 32.2. The van der Waals surface area contributed by atoms with Gasteiger partial charge in [0.05, 0.1) is 6.07 Å². The highest BCUT2D eigenvalue weighted by molar-refractivity contribution is 7.99. The molecule has 0 saturated heterocycles. The highest BCUT2D eigenvalue weighted by Crippen LogP contribution is 2.51. The monoisotopic (exact) mass is 260 g/mol. The summed E-state index contributed by atoms with van der Waals surface area (Å²) in [4.78, 5) is 1.32. The van der Waals surface area contributed by atoms with Gasteiger partial charge in [-0.3, -0.25) is 0 Å². The number of nitrogens with one attached hydrogen (secondary N) is 1. The summed E-state index contributed by atoms with van der Waals surface area (Å²) in [6, 6.07) is 11.4. The van der Waals surface area contributed by atoms with Crippen LogP contribution < -0.4 is 5.32 Å². The summed E-state index contributed by atoms with van der Waals surface area (Å²) >= 11 is 1.89. The SMILES string of the molecule is CNC(C)c1cccc(SCC2(CC#N)CC2)c1. The maximum Gasteiger partial charge on any atom is 0.0627 e. The van der Waals surface area contributed by atoms with Gasteiger partial charge in [0.2, 0.25) is 0 Å². The molecule has 1 saturated carbocycles. The first-order valence-corrected chi connectivity index (χ1v) is 7.45. The number of nitriles is 1. The van der Waals surface area contributed by atoms with Crippen LogP contribution in [0.3, 0.4) is 0 Å². The van der Waals surface area contributed by atoms with Crippen molar-refractivity contribution in [1.29, 1.82) is 5.26 Å². The Morgan fingerprint density at radius 2 is 2.28 bits per heavy atom. The zero-order valence-electron chi connectivity index (χ0n) is 11.1. The zero-order valence-corrected chi connectivity index (χ0v) is 11.9. The van der Waals surface area contributed by atoms with E-state index in [2.05, 4.69) is 42.6 Å². The van der Waals surface area contributed by atoms with E-state index < -0.39 is 0 Å². The average molecular weight is 260 g/mol. The van der Waals surface area contributed by atoms with Gasteiger partial charge in [-0.1, -0.05) is 12.1 Å². The second-order valence-corrected chi connectivity index (χ2v) is 6.26. The van der Waals surface area contributed by atoms with Gasteiger partial charge in [0.15, 0.2) is 0 Å². The Kier molecular flexibility index (Phi) is 4.31. The molecular weight excluding hydrogens is 240 g/mol. The fourth-order valence-electron chi connectivity index (χ4n) is 1.99. The fourth-order valence-corrected chi connectivity index (χ4v) is 3.25. The van der Waals surface area contributed by atoms with Gasteiger partial charge in [-0.15, -0.1) is 11.8 Å². The maximum atomic E-state index is 8.82. The van der Waals surface area contributed by atoms with Crippen molar-refractivity contribution in [1.82, 2.24) is 5.32 Å². The van der Waals surface area contributed by atoms with E-state index in [9.17, 15) is 0 Å². The lowest BCUT2D eigenvalue weighted by Gasteiger charge is -2.13. The van der Waals surface area contributed by atoms with Crippen molar-refractivity contribution in [3.8, 4) is 6.07 Å². The molecule has 0 amide bonds. The summed E-state index contributed by atoms with van der Waals surface area (Å²) in [6.07, 6.45) is 3.16. The molecule has 1 aliphatic rings. The molecule has 2 nitrogen and oxygen atoms in total. The second kappa shape index (κ2) is 5.77. The molecule has 1 N–H and O–H groups in total. The Morgan fingerprint density at radius 3 is 2.89 bits per heavy atom. The number of benzene rings is 1. The highest BCUT2D eigenvalue weighted by Gasteiger charge is 2.42. The predicted molar refractivity (Wildman–Crippen MR) is 76.5 cm³/mol. The van der Waals surface area contributed by atoms with E-state index in [4.69, 9.17) is 5.26 Å². The standard InChI is InChI=1S/C15H20N2S/c1-12(17-2)13-4-3-5-14(10-13)18-11-15(6-7-15)8-9-16/h3-5,10,12,17H,6-8,11H2,1-2H3. The van der Waals surface area contributed by atoms with Gasteiger partial charge in [-0.25, -0.2) is 0 Å². The van der Waals surface area contributed by atoms with Crippen LogP contribution in [0.4, 0.5) is 0 Å². The summed E-state index contributed by atoms with van der Waals surface area (Å²) in [5.74, 6) is 1.08. The zero-order chi connectivity index (χ0) is 13.0. The molecule has 1 aromatic carbocycles. The molecule has 0 spiro atoms. The smallest absolute Gasteiger partial charge is 0.0627 e. The summed E-state index contributed by atoms with van der Waals surface area (Å²) in [5.41, 5.74) is 1.65. The molecule has 0 radical (unpaired) electrons. The van der Waals surface area contributed by atoms with Crippen LogP contribution in [-0.4, -0.2) is 12.8 Å². The lowest BCUT2D eigenvalue weighted by atomic mass is 10.1. The van der Waals surface area contributed by atoms with E-state index in [0.717, 1.165) is 5.75 Å². The van der Waals surface area contributed by atoms with E-state index in [1.165, 1.54) is 23.3 Å². The van der Waals surface area contributed by atoms with Gasteiger partial charge >= 0.3 is 0 Å². The quantitative estimate of drug-likeness (QED) is 0.791. The molecule has 0 aromatic heterocycles. The van der Waals surface area contributed by atoms with Crippen molar-refractivity contribution in [2.45, 2.75) is 37.1 Å². The Labute approximate surface area is 114 Å². The molecule has 1 aromatic rings. The molecule has 3 heteroatoms. The van der Waals surface area contributed by atoms with Crippen LogP contribution >= 0.6 is 11.8 Å². The summed E-state index contributed by atoms with van der Waals surface area (Å²) < 4.78 is 0. The van der Waals surface area contributed by atoms with Crippen molar-refractivity contribution in [3.05, 3.63) is 29.8 Å². The van der Waals surface area contributed by atoms with Crippen molar-refractivity contribution >= 4 is 11.8 Å². The Hall–Kier alpha value is -0.980. The van der Waals surface area contributed by atoms with Crippen molar-refractivity contribution < 1.29 is 0 Å². The minimum Gasteiger partial charge on any atom is -0.313 e. The third-order valence-corrected chi connectivity index (χ3v) is 5.09. The summed E-state index contributed by atoms with van der Waals surface area (Å²) in [5, 5.41) is 12.1.